The SMILES string of the molecule is Cc1cc(C(=O)N2CCC[C@@H]3N(C)CCC[C@@]32C)nc(N2CCCCC2)n1. The standard InChI is InChI=1S/C21H33N5O/c1-16-15-17(23-20(22-16)25-12-5-4-6-13-25)19(27)26-14-7-9-18-21(26,2)10-8-11-24(18)3/h15,18H,4-14H2,1-3H3/t18-,21-/m0/s1. The summed E-state index contributed by atoms with van der Waals surface area (Å²) in [7, 11) is 2.21. The number of piperidine rings is 3. The van der Waals surface area contributed by atoms with Crippen LogP contribution in [0.1, 0.15) is 68.1 Å². The zero-order valence-corrected chi connectivity index (χ0v) is 17.1. The van der Waals surface area contributed by atoms with Gasteiger partial charge in [0.15, 0.2) is 0 Å². The average Bonchev–Trinajstić information content (AvgIpc) is 2.67. The predicted molar refractivity (Wildman–Crippen MR) is 107 cm³/mol. The summed E-state index contributed by atoms with van der Waals surface area (Å²) in [6, 6.07) is 2.32. The molecule has 0 radical (unpaired) electrons. The number of hydrogen-bond acceptors (Lipinski definition) is 5. The van der Waals surface area contributed by atoms with Crippen molar-refractivity contribution in [3.63, 3.8) is 0 Å². The molecule has 0 spiro atoms. The first kappa shape index (κ1) is 18.7. The quantitative estimate of drug-likeness (QED) is 0.800. The maximum atomic E-state index is 13.6. The maximum absolute atomic E-state index is 13.6. The van der Waals surface area contributed by atoms with Crippen LogP contribution in [0, 0.1) is 6.92 Å². The summed E-state index contributed by atoms with van der Waals surface area (Å²) in [6.45, 7) is 8.21. The zero-order valence-electron chi connectivity index (χ0n) is 17.1. The van der Waals surface area contributed by atoms with Gasteiger partial charge in [0.1, 0.15) is 5.69 Å². The highest BCUT2D eigenvalue weighted by Crippen LogP contribution is 2.39. The van der Waals surface area contributed by atoms with Crippen molar-refractivity contribution < 1.29 is 4.79 Å². The predicted octanol–water partition coefficient (Wildman–Crippen LogP) is 2.86. The van der Waals surface area contributed by atoms with Crippen molar-refractivity contribution >= 4 is 11.9 Å². The molecule has 3 aliphatic heterocycles. The topological polar surface area (TPSA) is 52.6 Å². The molecule has 3 saturated heterocycles. The molecule has 0 bridgehead atoms. The number of anilines is 1. The maximum Gasteiger partial charge on any atom is 0.273 e. The Morgan fingerprint density at radius 2 is 1.85 bits per heavy atom. The van der Waals surface area contributed by atoms with Crippen molar-refractivity contribution in [2.24, 2.45) is 0 Å². The third-order valence-electron chi connectivity index (χ3n) is 6.87. The minimum absolute atomic E-state index is 0.0845. The van der Waals surface area contributed by atoms with Crippen LogP contribution in [0.3, 0.4) is 0 Å². The number of likely N-dealkylation sites (tertiary alicyclic amines) is 2. The third-order valence-corrected chi connectivity index (χ3v) is 6.87. The molecule has 1 aromatic heterocycles. The van der Waals surface area contributed by atoms with E-state index in [9.17, 15) is 4.79 Å². The zero-order chi connectivity index (χ0) is 19.0. The molecular weight excluding hydrogens is 338 g/mol. The number of nitrogens with zero attached hydrogens (tertiary/aromatic N) is 5. The van der Waals surface area contributed by atoms with Crippen molar-refractivity contribution in [2.45, 2.75) is 70.4 Å². The molecule has 3 fully saturated rings. The van der Waals surface area contributed by atoms with E-state index in [0.717, 1.165) is 57.1 Å². The van der Waals surface area contributed by atoms with E-state index in [4.69, 9.17) is 4.98 Å². The summed E-state index contributed by atoms with van der Waals surface area (Å²) in [4.78, 5) is 29.7. The number of carbonyl (C=O) groups is 1. The van der Waals surface area contributed by atoms with Crippen LogP contribution in [0.5, 0.6) is 0 Å². The van der Waals surface area contributed by atoms with Gasteiger partial charge in [0.05, 0.1) is 5.54 Å². The van der Waals surface area contributed by atoms with Crippen molar-refractivity contribution in [2.75, 3.05) is 38.1 Å². The van der Waals surface area contributed by atoms with Gasteiger partial charge in [-0.05, 0) is 78.5 Å². The Morgan fingerprint density at radius 3 is 2.63 bits per heavy atom. The summed E-state index contributed by atoms with van der Waals surface area (Å²) in [5.74, 6) is 0.818. The van der Waals surface area contributed by atoms with E-state index in [1.54, 1.807) is 0 Å². The van der Waals surface area contributed by atoms with Gasteiger partial charge >= 0.3 is 0 Å². The number of hydrogen-bond donors (Lipinski definition) is 0. The van der Waals surface area contributed by atoms with E-state index in [-0.39, 0.29) is 11.4 Å². The van der Waals surface area contributed by atoms with Gasteiger partial charge in [-0.1, -0.05) is 0 Å². The average molecular weight is 372 g/mol. The summed E-state index contributed by atoms with van der Waals surface area (Å²) in [5.41, 5.74) is 1.36. The second-order valence-corrected chi connectivity index (χ2v) is 8.80. The Morgan fingerprint density at radius 1 is 1.07 bits per heavy atom. The molecule has 0 aromatic carbocycles. The van der Waals surface area contributed by atoms with Crippen molar-refractivity contribution in [3.05, 3.63) is 17.5 Å². The first-order valence-electron chi connectivity index (χ1n) is 10.6. The largest absolute Gasteiger partial charge is 0.341 e. The van der Waals surface area contributed by atoms with Gasteiger partial charge in [-0.25, -0.2) is 9.97 Å². The molecule has 6 nitrogen and oxygen atoms in total. The van der Waals surface area contributed by atoms with Crippen molar-refractivity contribution in [1.82, 2.24) is 19.8 Å². The highest BCUT2D eigenvalue weighted by atomic mass is 16.2. The molecule has 0 saturated carbocycles. The van der Waals surface area contributed by atoms with Gasteiger partial charge in [-0.2, -0.15) is 0 Å². The Kier molecular flexibility index (Phi) is 5.10. The summed E-state index contributed by atoms with van der Waals surface area (Å²) in [5, 5.41) is 0. The van der Waals surface area contributed by atoms with E-state index in [1.165, 1.54) is 25.7 Å². The lowest BCUT2D eigenvalue weighted by atomic mass is 9.76. The normalized spacial score (nSPS) is 29.5. The molecule has 1 aromatic rings. The number of carbonyl (C=O) groups excluding carboxylic acids is 1. The monoisotopic (exact) mass is 371 g/mol. The molecule has 0 aliphatic carbocycles. The number of aromatic nitrogens is 2. The van der Waals surface area contributed by atoms with Crippen LogP contribution in [-0.4, -0.2) is 70.5 Å². The fourth-order valence-corrected chi connectivity index (χ4v) is 5.40. The number of amides is 1. The molecule has 6 heteroatoms. The first-order chi connectivity index (χ1) is 13.0. The molecule has 27 heavy (non-hydrogen) atoms. The minimum atomic E-state index is -0.0908. The van der Waals surface area contributed by atoms with Crippen LogP contribution < -0.4 is 4.90 Å². The molecule has 4 rings (SSSR count). The van der Waals surface area contributed by atoms with Crippen LogP contribution in [0.4, 0.5) is 5.95 Å². The lowest BCUT2D eigenvalue weighted by Crippen LogP contribution is -2.66. The Hall–Kier alpha value is -1.69. The second kappa shape index (κ2) is 7.38. The van der Waals surface area contributed by atoms with Crippen LogP contribution >= 0.6 is 0 Å². The Balaban J connectivity index is 1.62. The fraction of sp³-hybridized carbons (Fsp3) is 0.762. The van der Waals surface area contributed by atoms with E-state index in [0.29, 0.717) is 11.7 Å². The fourth-order valence-electron chi connectivity index (χ4n) is 5.40. The molecule has 1 amide bonds. The molecular formula is C21H33N5O. The van der Waals surface area contributed by atoms with Crippen molar-refractivity contribution in [1.29, 1.82) is 0 Å². The third kappa shape index (κ3) is 3.44. The Labute approximate surface area is 162 Å². The molecule has 4 heterocycles. The summed E-state index contributed by atoms with van der Waals surface area (Å²) in [6.07, 6.45) is 8.11. The second-order valence-electron chi connectivity index (χ2n) is 8.80. The minimum Gasteiger partial charge on any atom is -0.341 e. The molecule has 148 valence electrons. The van der Waals surface area contributed by atoms with Gasteiger partial charge in [0, 0.05) is 31.4 Å². The van der Waals surface area contributed by atoms with E-state index in [2.05, 4.69) is 33.7 Å². The molecule has 3 aliphatic rings. The summed E-state index contributed by atoms with van der Waals surface area (Å²) >= 11 is 0. The van der Waals surface area contributed by atoms with Gasteiger partial charge in [-0.15, -0.1) is 0 Å². The number of aryl methyl sites for hydroxylation is 1. The Bertz CT molecular complexity index is 702. The van der Waals surface area contributed by atoms with Crippen LogP contribution in [0.15, 0.2) is 6.07 Å². The lowest BCUT2D eigenvalue weighted by Gasteiger charge is -2.55. The van der Waals surface area contributed by atoms with Crippen molar-refractivity contribution in [3.8, 4) is 0 Å². The van der Waals surface area contributed by atoms with E-state index in [1.807, 2.05) is 13.0 Å². The number of likely N-dealkylation sites (N-methyl/N-ethyl adjacent to an activating group) is 1. The molecule has 0 N–H and O–H groups in total. The van der Waals surface area contributed by atoms with Gasteiger partial charge < -0.3 is 14.7 Å². The molecule has 2 atom stereocenters. The van der Waals surface area contributed by atoms with Gasteiger partial charge in [0.25, 0.3) is 5.91 Å². The molecule has 0 unspecified atom stereocenters. The smallest absolute Gasteiger partial charge is 0.273 e. The number of rotatable bonds is 2. The van der Waals surface area contributed by atoms with Crippen LogP contribution in [0.25, 0.3) is 0 Å². The van der Waals surface area contributed by atoms with Gasteiger partial charge in [0.2, 0.25) is 5.95 Å². The van der Waals surface area contributed by atoms with Crippen LogP contribution in [0.2, 0.25) is 0 Å². The number of fused-ring (bicyclic) bond motifs is 1. The van der Waals surface area contributed by atoms with Crippen LogP contribution in [-0.2, 0) is 0 Å². The summed E-state index contributed by atoms with van der Waals surface area (Å²) < 4.78 is 0. The highest BCUT2D eigenvalue weighted by Gasteiger charge is 2.48. The van der Waals surface area contributed by atoms with E-state index < -0.39 is 0 Å². The van der Waals surface area contributed by atoms with E-state index >= 15 is 0 Å². The lowest BCUT2D eigenvalue weighted by molar-refractivity contribution is -0.0349. The first-order valence-corrected chi connectivity index (χ1v) is 10.6. The highest BCUT2D eigenvalue weighted by molar-refractivity contribution is 5.93. The van der Waals surface area contributed by atoms with Gasteiger partial charge in [-0.3, -0.25) is 4.79 Å².